The molecule has 468 valence electrons. The molecule has 6 heteroatoms. The standard InChI is InChI=1S/C76H128O6/c1-4-7-10-13-16-19-22-25-28-30-32-34-35-36-37-38-39-40-41-42-44-45-48-51-54-57-60-63-66-69-75(78)81-72-73(71-80-74(77)68-65-62-59-56-53-50-47-27-24-21-18-15-12-9-6-3)82-76(79)70-67-64-61-58-55-52-49-46-43-33-31-29-26-23-20-17-14-11-8-5-2/h7,10,16,19,25,27-28,32,34,36-37,39-40,42,44,47-48,51,57,60,73H,4-6,8-9,11-15,17-18,20-24,26,29-31,33,35,38,41,43,45-46,49-50,52-56,58-59,61-72H2,1-3H3/b10-7-,19-16-,28-25-,34-32-,37-36-,40-39-,44-42-,47-27-,51-48-,60-57-. The molecule has 0 aromatic rings. The summed E-state index contributed by atoms with van der Waals surface area (Å²) in [5.41, 5.74) is 0. The summed E-state index contributed by atoms with van der Waals surface area (Å²) in [6.45, 7) is 6.50. The predicted molar refractivity (Wildman–Crippen MR) is 357 cm³/mol. The molecule has 82 heavy (non-hydrogen) atoms. The Balaban J connectivity index is 4.44. The number of allylic oxidation sites excluding steroid dienone is 20. The highest BCUT2D eigenvalue weighted by molar-refractivity contribution is 5.71. The summed E-state index contributed by atoms with van der Waals surface area (Å²) in [7, 11) is 0. The molecular weight excluding hydrogens is 1010 g/mol. The van der Waals surface area contributed by atoms with Gasteiger partial charge in [0.05, 0.1) is 0 Å². The summed E-state index contributed by atoms with van der Waals surface area (Å²) in [6.07, 6.45) is 96.5. The summed E-state index contributed by atoms with van der Waals surface area (Å²) in [4.78, 5) is 38.4. The van der Waals surface area contributed by atoms with E-state index >= 15 is 0 Å². The quantitative estimate of drug-likeness (QED) is 0.0261. The van der Waals surface area contributed by atoms with Crippen LogP contribution in [0, 0.1) is 0 Å². The average molecular weight is 1140 g/mol. The molecule has 1 unspecified atom stereocenters. The van der Waals surface area contributed by atoms with Gasteiger partial charge in [-0.05, 0) is 109 Å². The van der Waals surface area contributed by atoms with E-state index in [0.29, 0.717) is 19.3 Å². The lowest BCUT2D eigenvalue weighted by molar-refractivity contribution is -0.167. The fourth-order valence-corrected chi connectivity index (χ4v) is 9.56. The summed E-state index contributed by atoms with van der Waals surface area (Å²) in [5.74, 6) is -0.958. The van der Waals surface area contributed by atoms with Crippen molar-refractivity contribution >= 4 is 17.9 Å². The van der Waals surface area contributed by atoms with E-state index in [9.17, 15) is 14.4 Å². The van der Waals surface area contributed by atoms with Crippen molar-refractivity contribution in [2.75, 3.05) is 13.2 Å². The highest BCUT2D eigenvalue weighted by Crippen LogP contribution is 2.17. The molecule has 0 radical (unpaired) electrons. The third kappa shape index (κ3) is 66.6. The second-order valence-corrected chi connectivity index (χ2v) is 22.7. The maximum Gasteiger partial charge on any atom is 0.306 e. The third-order valence-electron chi connectivity index (χ3n) is 14.7. The van der Waals surface area contributed by atoms with Crippen molar-refractivity contribution in [3.63, 3.8) is 0 Å². The van der Waals surface area contributed by atoms with E-state index < -0.39 is 6.10 Å². The normalized spacial score (nSPS) is 12.9. The molecule has 0 rings (SSSR count). The van der Waals surface area contributed by atoms with Crippen molar-refractivity contribution in [3.05, 3.63) is 122 Å². The molecule has 0 saturated heterocycles. The van der Waals surface area contributed by atoms with Gasteiger partial charge in [-0.25, -0.2) is 0 Å². The maximum atomic E-state index is 12.9. The zero-order valence-electron chi connectivity index (χ0n) is 53.7. The number of unbranched alkanes of at least 4 members (excludes halogenated alkanes) is 31. The van der Waals surface area contributed by atoms with Gasteiger partial charge in [-0.2, -0.15) is 0 Å². The van der Waals surface area contributed by atoms with Gasteiger partial charge in [0.1, 0.15) is 13.2 Å². The van der Waals surface area contributed by atoms with E-state index in [2.05, 4.69) is 142 Å². The van der Waals surface area contributed by atoms with Gasteiger partial charge < -0.3 is 14.2 Å². The van der Waals surface area contributed by atoms with Crippen LogP contribution in [0.25, 0.3) is 0 Å². The van der Waals surface area contributed by atoms with Gasteiger partial charge in [0.15, 0.2) is 6.10 Å². The van der Waals surface area contributed by atoms with Crippen molar-refractivity contribution < 1.29 is 28.6 Å². The van der Waals surface area contributed by atoms with Crippen LogP contribution in [-0.2, 0) is 28.6 Å². The number of carbonyl (C=O) groups excluding carboxylic acids is 3. The predicted octanol–water partition coefficient (Wildman–Crippen LogP) is 23.9. The minimum atomic E-state index is -0.808. The summed E-state index contributed by atoms with van der Waals surface area (Å²) < 4.78 is 16.9. The number of rotatable bonds is 62. The summed E-state index contributed by atoms with van der Waals surface area (Å²) in [5, 5.41) is 0. The second kappa shape index (κ2) is 69.3. The second-order valence-electron chi connectivity index (χ2n) is 22.7. The van der Waals surface area contributed by atoms with Gasteiger partial charge in [0, 0.05) is 19.3 Å². The van der Waals surface area contributed by atoms with Crippen LogP contribution in [0.1, 0.15) is 323 Å². The van der Waals surface area contributed by atoms with Gasteiger partial charge >= 0.3 is 17.9 Å². The molecule has 0 heterocycles. The Kier molecular flexibility index (Phi) is 65.8. The average Bonchev–Trinajstić information content (AvgIpc) is 3.47. The first kappa shape index (κ1) is 77.8. The fourth-order valence-electron chi connectivity index (χ4n) is 9.56. The lowest BCUT2D eigenvalue weighted by atomic mass is 10.0. The van der Waals surface area contributed by atoms with E-state index in [4.69, 9.17) is 14.2 Å². The van der Waals surface area contributed by atoms with Crippen LogP contribution < -0.4 is 0 Å². The maximum absolute atomic E-state index is 12.9. The van der Waals surface area contributed by atoms with Crippen molar-refractivity contribution in [1.29, 1.82) is 0 Å². The zero-order chi connectivity index (χ0) is 59.2. The van der Waals surface area contributed by atoms with Gasteiger partial charge in [-0.1, -0.05) is 316 Å². The Morgan fingerprint density at radius 1 is 0.256 bits per heavy atom. The molecule has 0 fully saturated rings. The minimum absolute atomic E-state index is 0.0995. The Morgan fingerprint density at radius 3 is 0.805 bits per heavy atom. The van der Waals surface area contributed by atoms with Crippen LogP contribution in [0.3, 0.4) is 0 Å². The molecule has 6 nitrogen and oxygen atoms in total. The number of hydrogen-bond donors (Lipinski definition) is 0. The lowest BCUT2D eigenvalue weighted by Gasteiger charge is -2.18. The topological polar surface area (TPSA) is 78.9 Å². The van der Waals surface area contributed by atoms with E-state index in [1.807, 2.05) is 0 Å². The lowest BCUT2D eigenvalue weighted by Crippen LogP contribution is -2.30. The van der Waals surface area contributed by atoms with E-state index in [1.165, 1.54) is 167 Å². The van der Waals surface area contributed by atoms with E-state index in [1.54, 1.807) is 0 Å². The number of esters is 3. The molecule has 0 N–H and O–H groups in total. The third-order valence-corrected chi connectivity index (χ3v) is 14.7. The smallest absolute Gasteiger partial charge is 0.306 e. The van der Waals surface area contributed by atoms with Crippen molar-refractivity contribution in [3.8, 4) is 0 Å². The molecule has 0 aliphatic heterocycles. The fraction of sp³-hybridized carbons (Fsp3) is 0.697. The first-order valence-electron chi connectivity index (χ1n) is 34.5. The van der Waals surface area contributed by atoms with E-state index in [0.717, 1.165) is 109 Å². The Bertz CT molecular complexity index is 1690. The Labute approximate surface area is 507 Å². The first-order chi connectivity index (χ1) is 40.5. The van der Waals surface area contributed by atoms with Gasteiger partial charge in [-0.15, -0.1) is 0 Å². The van der Waals surface area contributed by atoms with Crippen molar-refractivity contribution in [2.24, 2.45) is 0 Å². The molecule has 0 aromatic carbocycles. The number of ether oxygens (including phenoxy) is 3. The Morgan fingerprint density at radius 2 is 0.488 bits per heavy atom. The van der Waals surface area contributed by atoms with Gasteiger partial charge in [-0.3, -0.25) is 14.4 Å². The Hall–Kier alpha value is -4.19. The van der Waals surface area contributed by atoms with Crippen molar-refractivity contribution in [2.45, 2.75) is 329 Å². The van der Waals surface area contributed by atoms with Crippen LogP contribution in [-0.4, -0.2) is 37.2 Å². The summed E-state index contributed by atoms with van der Waals surface area (Å²) in [6, 6.07) is 0. The molecule has 0 bridgehead atoms. The largest absolute Gasteiger partial charge is 0.462 e. The van der Waals surface area contributed by atoms with Gasteiger partial charge in [0.25, 0.3) is 0 Å². The zero-order valence-corrected chi connectivity index (χ0v) is 53.7. The number of hydrogen-bond acceptors (Lipinski definition) is 6. The van der Waals surface area contributed by atoms with Gasteiger partial charge in [0.2, 0.25) is 0 Å². The SMILES string of the molecule is CC/C=C\C/C=C\C/C=C\C/C=C\C/C=C\C/C=C\C/C=C\C/C=C\C/C=C\CCCC(=O)OCC(COC(=O)CCCCCCC/C=C\CCCCCCCC)OC(=O)CCCCCCCCCCCCCCCCCCCCCC. The van der Waals surface area contributed by atoms with E-state index in [-0.39, 0.29) is 37.5 Å². The molecule has 1 atom stereocenters. The molecule has 0 aliphatic rings. The number of carbonyl (C=O) groups is 3. The minimum Gasteiger partial charge on any atom is -0.462 e. The molecule has 0 spiro atoms. The first-order valence-corrected chi connectivity index (χ1v) is 34.5. The highest BCUT2D eigenvalue weighted by atomic mass is 16.6. The summed E-state index contributed by atoms with van der Waals surface area (Å²) >= 11 is 0. The molecule has 0 amide bonds. The van der Waals surface area contributed by atoms with Crippen LogP contribution in [0.15, 0.2) is 122 Å². The monoisotopic (exact) mass is 1140 g/mol. The molecule has 0 aliphatic carbocycles. The molecular formula is C76H128O6. The van der Waals surface area contributed by atoms with Crippen LogP contribution in [0.5, 0.6) is 0 Å². The van der Waals surface area contributed by atoms with Crippen LogP contribution >= 0.6 is 0 Å². The van der Waals surface area contributed by atoms with Crippen LogP contribution in [0.2, 0.25) is 0 Å². The molecule has 0 saturated carbocycles. The highest BCUT2D eigenvalue weighted by Gasteiger charge is 2.19. The van der Waals surface area contributed by atoms with Crippen molar-refractivity contribution in [1.82, 2.24) is 0 Å². The van der Waals surface area contributed by atoms with Crippen LogP contribution in [0.4, 0.5) is 0 Å². The molecule has 0 aromatic heterocycles.